The van der Waals surface area contributed by atoms with Gasteiger partial charge in [0.1, 0.15) is 11.5 Å². The van der Waals surface area contributed by atoms with Crippen molar-refractivity contribution in [2.24, 2.45) is 0 Å². The molecule has 0 spiro atoms. The Morgan fingerprint density at radius 3 is 2.35 bits per heavy atom. The van der Waals surface area contributed by atoms with Gasteiger partial charge in [0.25, 0.3) is 0 Å². The van der Waals surface area contributed by atoms with Gasteiger partial charge >= 0.3 is 0 Å². The van der Waals surface area contributed by atoms with Crippen molar-refractivity contribution in [3.8, 4) is 11.3 Å². The second-order valence-corrected chi connectivity index (χ2v) is 6.23. The lowest BCUT2D eigenvalue weighted by Gasteiger charge is -2.14. The number of hydrogen-bond acceptors (Lipinski definition) is 4. The van der Waals surface area contributed by atoms with Gasteiger partial charge in [-0.15, -0.1) is 0 Å². The Hall–Kier alpha value is -2.17. The number of imidazole rings is 1. The first-order valence-electron chi connectivity index (χ1n) is 8.28. The molecule has 0 bridgehead atoms. The summed E-state index contributed by atoms with van der Waals surface area (Å²) < 4.78 is 7.33. The Morgan fingerprint density at radius 2 is 1.78 bits per heavy atom. The summed E-state index contributed by atoms with van der Waals surface area (Å²) in [5, 5.41) is 8.82. The average molecular weight is 312 g/mol. The highest BCUT2D eigenvalue weighted by molar-refractivity contribution is 5.71. The van der Waals surface area contributed by atoms with Crippen LogP contribution in [-0.2, 0) is 0 Å². The fourth-order valence-corrected chi connectivity index (χ4v) is 3.42. The van der Waals surface area contributed by atoms with Gasteiger partial charge in [0, 0.05) is 5.56 Å². The summed E-state index contributed by atoms with van der Waals surface area (Å²) in [4.78, 5) is 4.84. The second kappa shape index (κ2) is 5.80. The molecule has 5 heteroatoms. The minimum atomic E-state index is 0.499. The molecule has 0 aliphatic heterocycles. The lowest BCUT2D eigenvalue weighted by Crippen LogP contribution is -2.05. The highest BCUT2D eigenvalue weighted by Gasteiger charge is 2.23. The van der Waals surface area contributed by atoms with Gasteiger partial charge in [0.2, 0.25) is 0 Å². The summed E-state index contributed by atoms with van der Waals surface area (Å²) >= 11 is 0. The Kier molecular flexibility index (Phi) is 3.96. The summed E-state index contributed by atoms with van der Waals surface area (Å²) in [5.41, 5.74) is 7.07. The standard InChI is InChI=1S/C18H24N4O/c1-7-14(8-2)15-9-10(3)20-22-17(12(5)19-18(15)22)16-11(4)21-23-13(16)6/h9,14H,7-8H2,1-6H3. The third-order valence-corrected chi connectivity index (χ3v) is 4.60. The fraction of sp³-hybridized carbons (Fsp3) is 0.500. The van der Waals surface area contributed by atoms with Gasteiger partial charge in [-0.2, -0.15) is 5.10 Å². The molecule has 0 aliphatic rings. The third kappa shape index (κ3) is 2.44. The topological polar surface area (TPSA) is 56.2 Å². The van der Waals surface area contributed by atoms with Crippen LogP contribution in [0.3, 0.4) is 0 Å². The monoisotopic (exact) mass is 312 g/mol. The molecule has 0 N–H and O–H groups in total. The van der Waals surface area contributed by atoms with Crippen molar-refractivity contribution in [3.63, 3.8) is 0 Å². The Labute approximate surface area is 136 Å². The van der Waals surface area contributed by atoms with E-state index in [1.165, 1.54) is 5.56 Å². The molecule has 0 saturated carbocycles. The van der Waals surface area contributed by atoms with Crippen LogP contribution in [0.2, 0.25) is 0 Å². The van der Waals surface area contributed by atoms with Gasteiger partial charge in [-0.25, -0.2) is 9.50 Å². The molecule has 0 radical (unpaired) electrons. The maximum absolute atomic E-state index is 5.35. The number of aromatic nitrogens is 4. The number of rotatable bonds is 4. The van der Waals surface area contributed by atoms with Gasteiger partial charge < -0.3 is 4.52 Å². The van der Waals surface area contributed by atoms with Crippen LogP contribution in [0, 0.1) is 27.7 Å². The SMILES string of the molecule is CCC(CC)c1cc(C)nn2c(-c3c(C)noc3C)c(C)nc12. The molecule has 23 heavy (non-hydrogen) atoms. The van der Waals surface area contributed by atoms with E-state index in [9.17, 15) is 0 Å². The molecule has 3 aromatic heterocycles. The molecule has 5 nitrogen and oxygen atoms in total. The zero-order valence-corrected chi connectivity index (χ0v) is 14.8. The molecule has 0 atom stereocenters. The first-order chi connectivity index (χ1) is 11.0. The minimum Gasteiger partial charge on any atom is -0.361 e. The van der Waals surface area contributed by atoms with E-state index < -0.39 is 0 Å². The summed E-state index contributed by atoms with van der Waals surface area (Å²) in [5.74, 6) is 1.30. The largest absolute Gasteiger partial charge is 0.361 e. The first kappa shape index (κ1) is 15.7. The van der Waals surface area contributed by atoms with Crippen LogP contribution in [0.15, 0.2) is 10.6 Å². The Morgan fingerprint density at radius 1 is 1.09 bits per heavy atom. The molecular formula is C18H24N4O. The normalized spacial score (nSPS) is 11.8. The molecule has 0 amide bonds. The van der Waals surface area contributed by atoms with Gasteiger partial charge in [-0.1, -0.05) is 19.0 Å². The van der Waals surface area contributed by atoms with Crippen molar-refractivity contribution in [2.75, 3.05) is 0 Å². The maximum atomic E-state index is 5.35. The number of hydrogen-bond donors (Lipinski definition) is 0. The van der Waals surface area contributed by atoms with Gasteiger partial charge in [-0.3, -0.25) is 0 Å². The van der Waals surface area contributed by atoms with Crippen molar-refractivity contribution in [2.45, 2.75) is 60.3 Å². The van der Waals surface area contributed by atoms with Crippen molar-refractivity contribution in [3.05, 3.63) is 34.5 Å². The lowest BCUT2D eigenvalue weighted by atomic mass is 9.95. The van der Waals surface area contributed by atoms with E-state index in [1.807, 2.05) is 32.2 Å². The molecule has 0 aliphatic carbocycles. The van der Waals surface area contributed by atoms with E-state index in [1.54, 1.807) is 0 Å². The highest BCUT2D eigenvalue weighted by atomic mass is 16.5. The molecule has 3 heterocycles. The molecule has 0 fully saturated rings. The van der Waals surface area contributed by atoms with E-state index in [0.29, 0.717) is 5.92 Å². The van der Waals surface area contributed by atoms with Crippen LogP contribution < -0.4 is 0 Å². The van der Waals surface area contributed by atoms with Crippen LogP contribution in [-0.4, -0.2) is 19.8 Å². The van der Waals surface area contributed by atoms with Crippen LogP contribution in [0.5, 0.6) is 0 Å². The number of fused-ring (bicyclic) bond motifs is 1. The summed E-state index contributed by atoms with van der Waals surface area (Å²) in [6, 6.07) is 2.18. The van der Waals surface area contributed by atoms with E-state index in [4.69, 9.17) is 14.6 Å². The van der Waals surface area contributed by atoms with Crippen molar-refractivity contribution < 1.29 is 4.52 Å². The Balaban J connectivity index is 2.36. The van der Waals surface area contributed by atoms with Crippen LogP contribution in [0.25, 0.3) is 16.9 Å². The molecule has 3 rings (SSSR count). The predicted octanol–water partition coefficient (Wildman–Crippen LogP) is 4.52. The average Bonchev–Trinajstić information content (AvgIpc) is 3.00. The highest BCUT2D eigenvalue weighted by Crippen LogP contribution is 2.33. The van der Waals surface area contributed by atoms with Crippen molar-refractivity contribution in [1.29, 1.82) is 0 Å². The predicted molar refractivity (Wildman–Crippen MR) is 90.8 cm³/mol. The van der Waals surface area contributed by atoms with Gasteiger partial charge in [-0.05, 0) is 52.5 Å². The molecular weight excluding hydrogens is 288 g/mol. The van der Waals surface area contributed by atoms with E-state index in [0.717, 1.165) is 52.6 Å². The summed E-state index contributed by atoms with van der Waals surface area (Å²) in [6.45, 7) is 12.4. The maximum Gasteiger partial charge on any atom is 0.157 e. The zero-order valence-electron chi connectivity index (χ0n) is 14.8. The van der Waals surface area contributed by atoms with E-state index in [2.05, 4.69) is 25.1 Å². The molecule has 0 aromatic carbocycles. The van der Waals surface area contributed by atoms with E-state index in [-0.39, 0.29) is 0 Å². The molecule has 0 unspecified atom stereocenters. The molecule has 122 valence electrons. The quantitative estimate of drug-likeness (QED) is 0.710. The van der Waals surface area contributed by atoms with Crippen LogP contribution in [0.4, 0.5) is 0 Å². The van der Waals surface area contributed by atoms with Crippen LogP contribution in [0.1, 0.15) is 61.0 Å². The van der Waals surface area contributed by atoms with E-state index >= 15 is 0 Å². The lowest BCUT2D eigenvalue weighted by molar-refractivity contribution is 0.393. The fourth-order valence-electron chi connectivity index (χ4n) is 3.42. The summed E-state index contributed by atoms with van der Waals surface area (Å²) in [7, 11) is 0. The van der Waals surface area contributed by atoms with Gasteiger partial charge in [0.15, 0.2) is 5.65 Å². The first-order valence-corrected chi connectivity index (χ1v) is 8.28. The van der Waals surface area contributed by atoms with Crippen LogP contribution >= 0.6 is 0 Å². The zero-order chi connectivity index (χ0) is 16.7. The molecule has 3 aromatic rings. The summed E-state index contributed by atoms with van der Waals surface area (Å²) in [6.07, 6.45) is 2.20. The second-order valence-electron chi connectivity index (χ2n) is 6.23. The minimum absolute atomic E-state index is 0.499. The Bertz CT molecular complexity index is 836. The van der Waals surface area contributed by atoms with Crippen molar-refractivity contribution >= 4 is 5.65 Å². The smallest absolute Gasteiger partial charge is 0.157 e. The van der Waals surface area contributed by atoms with Crippen molar-refractivity contribution in [1.82, 2.24) is 19.8 Å². The number of aryl methyl sites for hydroxylation is 4. The number of nitrogens with zero attached hydrogens (tertiary/aromatic N) is 4. The van der Waals surface area contributed by atoms with Gasteiger partial charge in [0.05, 0.1) is 22.6 Å². The molecule has 0 saturated heterocycles. The third-order valence-electron chi connectivity index (χ3n) is 4.60.